The molecule has 0 bridgehead atoms. The summed E-state index contributed by atoms with van der Waals surface area (Å²) in [5.74, 6) is -1.27. The van der Waals surface area contributed by atoms with Crippen molar-refractivity contribution in [3.8, 4) is 0 Å². The number of rotatable bonds is 6. The fourth-order valence-corrected chi connectivity index (χ4v) is 2.48. The number of alkyl halides is 3. The molecule has 2 unspecified atom stereocenters. The first-order chi connectivity index (χ1) is 9.69. The van der Waals surface area contributed by atoms with Crippen molar-refractivity contribution in [2.45, 2.75) is 45.0 Å². The molecule has 1 aromatic carbocycles. The lowest BCUT2D eigenvalue weighted by Gasteiger charge is -2.37. The van der Waals surface area contributed by atoms with Gasteiger partial charge < -0.3 is 10.1 Å². The van der Waals surface area contributed by atoms with Gasteiger partial charge in [0.25, 0.3) is 0 Å². The van der Waals surface area contributed by atoms with Crippen LogP contribution in [0.5, 0.6) is 0 Å². The number of nitrogens with one attached hydrogen (secondary N) is 1. The fraction of sp³-hybridized carbons (Fsp3) is 0.600. The molecule has 6 heteroatoms. The fourth-order valence-electron chi connectivity index (χ4n) is 2.48. The quantitative estimate of drug-likeness (QED) is 0.791. The van der Waals surface area contributed by atoms with Crippen LogP contribution in [-0.4, -0.2) is 19.3 Å². The molecule has 0 aliphatic rings. The third kappa shape index (κ3) is 3.95. The number of ether oxygens (including phenoxy) is 1. The first-order valence-electron chi connectivity index (χ1n) is 6.87. The van der Waals surface area contributed by atoms with Gasteiger partial charge in [-0.25, -0.2) is 4.39 Å². The molecule has 0 fully saturated rings. The SMILES string of the molecule is CCOC(C)(CC)C(NC)c1ccc(F)c(C(F)(F)F)c1. The average molecular weight is 307 g/mol. The van der Waals surface area contributed by atoms with Gasteiger partial charge in [-0.1, -0.05) is 13.0 Å². The summed E-state index contributed by atoms with van der Waals surface area (Å²) in [6.07, 6.45) is -4.11. The van der Waals surface area contributed by atoms with Crippen LogP contribution in [0.2, 0.25) is 0 Å². The third-order valence-electron chi connectivity index (χ3n) is 3.70. The molecule has 0 aromatic heterocycles. The van der Waals surface area contributed by atoms with Gasteiger partial charge in [-0.2, -0.15) is 13.2 Å². The van der Waals surface area contributed by atoms with Crippen molar-refractivity contribution in [2.75, 3.05) is 13.7 Å². The Labute approximate surface area is 122 Å². The Kier molecular flexibility index (Phi) is 5.75. The van der Waals surface area contributed by atoms with Gasteiger partial charge >= 0.3 is 6.18 Å². The van der Waals surface area contributed by atoms with E-state index >= 15 is 0 Å². The van der Waals surface area contributed by atoms with Crippen LogP contribution in [0, 0.1) is 5.82 Å². The Balaban J connectivity index is 3.29. The van der Waals surface area contributed by atoms with E-state index in [1.165, 1.54) is 6.07 Å². The van der Waals surface area contributed by atoms with Crippen molar-refractivity contribution < 1.29 is 22.3 Å². The van der Waals surface area contributed by atoms with E-state index in [1.807, 2.05) is 20.8 Å². The summed E-state index contributed by atoms with van der Waals surface area (Å²) in [4.78, 5) is 0. The summed E-state index contributed by atoms with van der Waals surface area (Å²) < 4.78 is 57.6. The van der Waals surface area contributed by atoms with E-state index in [9.17, 15) is 17.6 Å². The molecule has 0 aliphatic heterocycles. The van der Waals surface area contributed by atoms with E-state index in [4.69, 9.17) is 4.74 Å². The molecule has 0 radical (unpaired) electrons. The maximum atomic E-state index is 13.4. The molecule has 2 nitrogen and oxygen atoms in total. The van der Waals surface area contributed by atoms with Crippen LogP contribution in [0.4, 0.5) is 17.6 Å². The van der Waals surface area contributed by atoms with Gasteiger partial charge in [0.05, 0.1) is 17.2 Å². The van der Waals surface area contributed by atoms with Crippen LogP contribution >= 0.6 is 0 Å². The van der Waals surface area contributed by atoms with Crippen molar-refractivity contribution in [3.63, 3.8) is 0 Å². The normalized spacial score (nSPS) is 16.6. The zero-order valence-corrected chi connectivity index (χ0v) is 12.6. The predicted molar refractivity (Wildman–Crippen MR) is 73.5 cm³/mol. The summed E-state index contributed by atoms with van der Waals surface area (Å²) in [5, 5.41) is 2.98. The van der Waals surface area contributed by atoms with Crippen molar-refractivity contribution >= 4 is 0 Å². The van der Waals surface area contributed by atoms with Crippen LogP contribution in [-0.2, 0) is 10.9 Å². The molecule has 0 saturated carbocycles. The molecule has 0 aliphatic carbocycles. The highest BCUT2D eigenvalue weighted by molar-refractivity contribution is 5.31. The van der Waals surface area contributed by atoms with E-state index in [0.29, 0.717) is 18.6 Å². The average Bonchev–Trinajstić information content (AvgIpc) is 2.40. The van der Waals surface area contributed by atoms with Gasteiger partial charge in [0.1, 0.15) is 5.82 Å². The summed E-state index contributed by atoms with van der Waals surface area (Å²) in [5.41, 5.74) is -1.58. The lowest BCUT2D eigenvalue weighted by molar-refractivity contribution is -0.140. The van der Waals surface area contributed by atoms with Crippen molar-refractivity contribution in [2.24, 2.45) is 0 Å². The summed E-state index contributed by atoms with van der Waals surface area (Å²) >= 11 is 0. The highest BCUT2D eigenvalue weighted by Gasteiger charge is 2.38. The maximum absolute atomic E-state index is 13.4. The number of hydrogen-bond acceptors (Lipinski definition) is 2. The van der Waals surface area contributed by atoms with Gasteiger partial charge in [0.2, 0.25) is 0 Å². The monoisotopic (exact) mass is 307 g/mol. The Bertz CT molecular complexity index is 475. The second-order valence-corrected chi connectivity index (χ2v) is 5.06. The van der Waals surface area contributed by atoms with E-state index < -0.39 is 29.2 Å². The van der Waals surface area contributed by atoms with Crippen LogP contribution in [0.25, 0.3) is 0 Å². The molecule has 1 N–H and O–H groups in total. The molecule has 0 heterocycles. The van der Waals surface area contributed by atoms with Gasteiger partial charge in [-0.05, 0) is 45.0 Å². The number of benzene rings is 1. The first-order valence-corrected chi connectivity index (χ1v) is 6.87. The molecule has 1 rings (SSSR count). The molecule has 120 valence electrons. The molecule has 1 aromatic rings. The lowest BCUT2D eigenvalue weighted by atomic mass is 9.87. The first kappa shape index (κ1) is 17.9. The van der Waals surface area contributed by atoms with Crippen molar-refractivity contribution in [1.29, 1.82) is 0 Å². The molecular formula is C15H21F4NO. The topological polar surface area (TPSA) is 21.3 Å². The highest BCUT2D eigenvalue weighted by atomic mass is 19.4. The van der Waals surface area contributed by atoms with Crippen LogP contribution in [0.15, 0.2) is 18.2 Å². The maximum Gasteiger partial charge on any atom is 0.419 e. The van der Waals surface area contributed by atoms with Crippen molar-refractivity contribution in [3.05, 3.63) is 35.1 Å². The van der Waals surface area contributed by atoms with Gasteiger partial charge in [-0.3, -0.25) is 0 Å². The second-order valence-electron chi connectivity index (χ2n) is 5.06. The third-order valence-corrected chi connectivity index (χ3v) is 3.70. The number of halogens is 4. The minimum atomic E-state index is -4.72. The number of hydrogen-bond donors (Lipinski definition) is 1. The molecule has 0 amide bonds. The summed E-state index contributed by atoms with van der Waals surface area (Å²) in [7, 11) is 1.65. The Morgan fingerprint density at radius 1 is 1.24 bits per heavy atom. The minimum Gasteiger partial charge on any atom is -0.374 e. The Hall–Kier alpha value is -1.14. The summed E-state index contributed by atoms with van der Waals surface area (Å²) in [6, 6.07) is 2.59. The van der Waals surface area contributed by atoms with Crippen LogP contribution in [0.3, 0.4) is 0 Å². The van der Waals surface area contributed by atoms with Gasteiger partial charge in [-0.15, -0.1) is 0 Å². The summed E-state index contributed by atoms with van der Waals surface area (Å²) in [6.45, 7) is 5.99. The minimum absolute atomic E-state index is 0.351. The standard InChI is InChI=1S/C15H21F4NO/c1-5-14(3,21-6-2)13(20-4)10-7-8-12(16)11(9-10)15(17,18)19/h7-9,13,20H,5-6H2,1-4H3. The largest absolute Gasteiger partial charge is 0.419 e. The van der Waals surface area contributed by atoms with Crippen LogP contribution < -0.4 is 5.32 Å². The van der Waals surface area contributed by atoms with Gasteiger partial charge in [0.15, 0.2) is 0 Å². The smallest absolute Gasteiger partial charge is 0.374 e. The van der Waals surface area contributed by atoms with Crippen molar-refractivity contribution in [1.82, 2.24) is 5.32 Å². The molecular weight excluding hydrogens is 286 g/mol. The van der Waals surface area contributed by atoms with E-state index in [-0.39, 0.29) is 0 Å². The lowest BCUT2D eigenvalue weighted by Crippen LogP contribution is -2.42. The zero-order chi connectivity index (χ0) is 16.3. The van der Waals surface area contributed by atoms with Gasteiger partial charge in [0, 0.05) is 6.61 Å². The Morgan fingerprint density at radius 3 is 2.29 bits per heavy atom. The molecule has 2 atom stereocenters. The van der Waals surface area contributed by atoms with E-state index in [0.717, 1.165) is 12.1 Å². The zero-order valence-electron chi connectivity index (χ0n) is 12.6. The van der Waals surface area contributed by atoms with Crippen LogP contribution in [0.1, 0.15) is 44.4 Å². The molecule has 21 heavy (non-hydrogen) atoms. The second kappa shape index (κ2) is 6.75. The molecule has 0 spiro atoms. The van der Waals surface area contributed by atoms with E-state index in [2.05, 4.69) is 5.32 Å². The van der Waals surface area contributed by atoms with E-state index in [1.54, 1.807) is 7.05 Å². The highest BCUT2D eigenvalue weighted by Crippen LogP contribution is 2.37. The number of likely N-dealkylation sites (N-methyl/N-ethyl adjacent to an activating group) is 1. The predicted octanol–water partition coefficient (Wildman–Crippen LogP) is 4.31. The molecule has 0 saturated heterocycles. The Morgan fingerprint density at radius 2 is 1.86 bits per heavy atom.